The molecule has 1 amide bonds. The lowest BCUT2D eigenvalue weighted by molar-refractivity contribution is -0.139. The van der Waals surface area contributed by atoms with Gasteiger partial charge in [0, 0.05) is 6.42 Å². The normalized spacial score (nSPS) is 11.7. The number of carboxylic acids is 1. The summed E-state index contributed by atoms with van der Waals surface area (Å²) in [4.78, 5) is 22.3. The lowest BCUT2D eigenvalue weighted by atomic mass is 10.0. The van der Waals surface area contributed by atoms with Crippen LogP contribution in [0.5, 0.6) is 17.2 Å². The fraction of sp³-hybridized carbons (Fsp3) is 0.125. The Hall–Kier alpha value is -0.0351. The molecule has 3 radical (unpaired) electrons. The SMILES string of the molecule is [B-]C(=O)NC(Cc1cc(I)c(Oc2cc(I)c(O)c(I)c2)c(I)c1)C(=O)O. The van der Waals surface area contributed by atoms with Crippen LogP contribution < -0.4 is 10.1 Å². The first-order chi connectivity index (χ1) is 12.6. The lowest BCUT2D eigenvalue weighted by Gasteiger charge is -2.19. The molecule has 0 saturated heterocycles. The second kappa shape index (κ2) is 10.1. The summed E-state index contributed by atoms with van der Waals surface area (Å²) in [7, 11) is 5.03. The summed E-state index contributed by atoms with van der Waals surface area (Å²) in [6, 6.07) is 5.95. The van der Waals surface area contributed by atoms with Crippen LogP contribution in [0.15, 0.2) is 24.3 Å². The minimum atomic E-state index is -1.16. The predicted octanol–water partition coefficient (Wildman–Crippen LogP) is 4.48. The average molecular weight is 815 g/mol. The molecule has 0 aliphatic carbocycles. The van der Waals surface area contributed by atoms with E-state index in [4.69, 9.17) is 12.6 Å². The van der Waals surface area contributed by atoms with Crippen molar-refractivity contribution in [3.63, 3.8) is 0 Å². The van der Waals surface area contributed by atoms with Crippen molar-refractivity contribution in [1.29, 1.82) is 0 Å². The van der Waals surface area contributed by atoms with E-state index < -0.39 is 17.8 Å². The highest BCUT2D eigenvalue weighted by molar-refractivity contribution is 14.1. The predicted molar refractivity (Wildman–Crippen MR) is 135 cm³/mol. The number of carbonyl (C=O) groups is 2. The Labute approximate surface area is 211 Å². The van der Waals surface area contributed by atoms with Crippen LogP contribution in [0.4, 0.5) is 4.79 Å². The van der Waals surface area contributed by atoms with Gasteiger partial charge < -0.3 is 32.9 Å². The van der Waals surface area contributed by atoms with E-state index >= 15 is 0 Å². The Morgan fingerprint density at radius 3 is 2.00 bits per heavy atom. The number of phenolic OH excluding ortho intramolecular Hbond substituents is 1. The number of rotatable bonds is 6. The summed E-state index contributed by atoms with van der Waals surface area (Å²) in [6.45, 7) is 0. The van der Waals surface area contributed by atoms with Crippen molar-refractivity contribution in [2.75, 3.05) is 0 Å². The quantitative estimate of drug-likeness (QED) is 0.296. The van der Waals surface area contributed by atoms with Crippen molar-refractivity contribution in [3.8, 4) is 17.2 Å². The topological polar surface area (TPSA) is 95.9 Å². The van der Waals surface area contributed by atoms with E-state index in [1.165, 1.54) is 0 Å². The molecule has 2 aromatic rings. The molecule has 0 saturated carbocycles. The number of carboxylic acid groups (broad SMARTS) is 1. The molecule has 2 rings (SSSR count). The number of amides is 1. The minimum absolute atomic E-state index is 0.0968. The molecule has 0 bridgehead atoms. The smallest absolute Gasteiger partial charge is 0.326 e. The van der Waals surface area contributed by atoms with Gasteiger partial charge in [-0.05, 0) is 120 Å². The van der Waals surface area contributed by atoms with Crippen LogP contribution in [0.2, 0.25) is 0 Å². The van der Waals surface area contributed by atoms with Crippen molar-refractivity contribution in [3.05, 3.63) is 44.1 Å². The zero-order chi connectivity index (χ0) is 20.3. The fourth-order valence-corrected chi connectivity index (χ4v) is 5.98. The first kappa shape index (κ1) is 23.2. The number of hydrogen-bond donors (Lipinski definition) is 3. The molecule has 0 aliphatic rings. The molecular formula is C16H10BI4NO5-. The zero-order valence-corrected chi connectivity index (χ0v) is 21.9. The molecule has 6 nitrogen and oxygen atoms in total. The highest BCUT2D eigenvalue weighted by atomic mass is 127. The molecule has 141 valence electrons. The summed E-state index contributed by atoms with van der Waals surface area (Å²) in [5, 5.41) is 21.3. The van der Waals surface area contributed by atoms with E-state index in [1.807, 2.05) is 45.2 Å². The molecule has 27 heavy (non-hydrogen) atoms. The van der Waals surface area contributed by atoms with Crippen molar-refractivity contribution in [2.24, 2.45) is 0 Å². The van der Waals surface area contributed by atoms with Gasteiger partial charge in [0.15, 0.2) is 5.75 Å². The van der Waals surface area contributed by atoms with Crippen LogP contribution in [-0.2, 0) is 11.2 Å². The third kappa shape index (κ3) is 6.48. The van der Waals surface area contributed by atoms with E-state index in [1.54, 1.807) is 24.3 Å². The average Bonchev–Trinajstić information content (AvgIpc) is 2.54. The first-order valence-electron chi connectivity index (χ1n) is 7.21. The van der Waals surface area contributed by atoms with Gasteiger partial charge >= 0.3 is 5.97 Å². The lowest BCUT2D eigenvalue weighted by Crippen LogP contribution is -2.41. The van der Waals surface area contributed by atoms with Gasteiger partial charge in [0.2, 0.25) is 0 Å². The van der Waals surface area contributed by atoms with Gasteiger partial charge in [0.05, 0.1) is 14.3 Å². The fourth-order valence-electron chi connectivity index (χ4n) is 2.15. The van der Waals surface area contributed by atoms with Crippen LogP contribution in [-0.4, -0.2) is 35.9 Å². The van der Waals surface area contributed by atoms with Gasteiger partial charge in [-0.1, -0.05) is 5.81 Å². The van der Waals surface area contributed by atoms with Gasteiger partial charge in [-0.2, -0.15) is 0 Å². The van der Waals surface area contributed by atoms with E-state index in [9.17, 15) is 19.8 Å². The highest BCUT2D eigenvalue weighted by Crippen LogP contribution is 2.36. The van der Waals surface area contributed by atoms with Crippen molar-refractivity contribution in [2.45, 2.75) is 12.5 Å². The van der Waals surface area contributed by atoms with E-state index in [-0.39, 0.29) is 12.2 Å². The molecule has 0 aromatic heterocycles. The monoisotopic (exact) mass is 815 g/mol. The third-order valence-electron chi connectivity index (χ3n) is 3.32. The van der Waals surface area contributed by atoms with Crippen LogP contribution in [0.1, 0.15) is 5.56 Å². The van der Waals surface area contributed by atoms with Crippen LogP contribution in [0.3, 0.4) is 0 Å². The number of phenols is 1. The summed E-state index contributed by atoms with van der Waals surface area (Å²) in [5.41, 5.74) is 0.729. The number of aliphatic carboxylic acids is 1. The maximum Gasteiger partial charge on any atom is 0.326 e. The summed E-state index contributed by atoms with van der Waals surface area (Å²) >= 11 is 8.28. The van der Waals surface area contributed by atoms with E-state index in [2.05, 4.69) is 50.5 Å². The largest absolute Gasteiger partial charge is 0.506 e. The standard InChI is InChI=1S/C16H10BI4NO5/c17-16(26)22-12(15(24)25)3-6-1-10(20)14(11(21)2-6)27-7-4-8(18)13(23)9(19)5-7/h1-2,4-5,12,23H,3H2,(H,22,26)(H,24,25)/q-1. The van der Waals surface area contributed by atoms with E-state index in [0.717, 1.165) is 12.7 Å². The minimum Gasteiger partial charge on any atom is -0.506 e. The Morgan fingerprint density at radius 2 is 1.56 bits per heavy atom. The van der Waals surface area contributed by atoms with Gasteiger partial charge in [0.1, 0.15) is 17.5 Å². The van der Waals surface area contributed by atoms with Crippen molar-refractivity contribution < 1.29 is 24.5 Å². The molecule has 0 aliphatic heterocycles. The maximum absolute atomic E-state index is 11.3. The first-order valence-corrected chi connectivity index (χ1v) is 11.5. The number of ether oxygens (including phenoxy) is 1. The molecule has 3 N–H and O–H groups in total. The number of hydrogen-bond acceptors (Lipinski definition) is 4. The third-order valence-corrected chi connectivity index (χ3v) is 6.57. The molecule has 0 heterocycles. The second-order valence-electron chi connectivity index (χ2n) is 5.33. The molecule has 2 aromatic carbocycles. The number of benzene rings is 2. The Kier molecular flexibility index (Phi) is 8.72. The van der Waals surface area contributed by atoms with Gasteiger partial charge in [-0.15, -0.1) is 0 Å². The van der Waals surface area contributed by atoms with Gasteiger partial charge in [-0.25, -0.2) is 4.79 Å². The molecule has 0 fully saturated rings. The van der Waals surface area contributed by atoms with Gasteiger partial charge in [-0.3, -0.25) is 0 Å². The number of aromatic hydroxyl groups is 1. The summed E-state index contributed by atoms with van der Waals surface area (Å²) in [5.74, 6) is -0.614. The second-order valence-corrected chi connectivity index (χ2v) is 9.98. The van der Waals surface area contributed by atoms with Crippen molar-refractivity contribution in [1.82, 2.24) is 5.32 Å². The van der Waals surface area contributed by atoms with Crippen molar-refractivity contribution >= 4 is 110 Å². The Balaban J connectivity index is 2.29. The Bertz CT molecular complexity index is 862. The molecule has 0 spiro atoms. The maximum atomic E-state index is 11.3. The molecule has 11 heteroatoms. The van der Waals surface area contributed by atoms with Crippen LogP contribution in [0.25, 0.3) is 0 Å². The zero-order valence-electron chi connectivity index (χ0n) is 13.3. The summed E-state index contributed by atoms with van der Waals surface area (Å²) in [6.07, 6.45) is 0.0968. The number of halogens is 4. The Morgan fingerprint density at radius 1 is 1.04 bits per heavy atom. The van der Waals surface area contributed by atoms with Crippen LogP contribution in [0, 0.1) is 14.3 Å². The van der Waals surface area contributed by atoms with E-state index in [0.29, 0.717) is 18.6 Å². The molecular weight excluding hydrogens is 805 g/mol. The molecule has 1 unspecified atom stereocenters. The highest BCUT2D eigenvalue weighted by Gasteiger charge is 2.19. The summed E-state index contributed by atoms with van der Waals surface area (Å²) < 4.78 is 8.92. The molecule has 1 atom stereocenters. The number of carbonyl (C=O) groups excluding carboxylic acids is 1. The number of nitrogens with one attached hydrogen (secondary N) is 1. The van der Waals surface area contributed by atoms with Gasteiger partial charge in [0.25, 0.3) is 0 Å². The van der Waals surface area contributed by atoms with Crippen LogP contribution >= 0.6 is 90.4 Å².